The Bertz CT molecular complexity index is 1240. The Morgan fingerprint density at radius 1 is 0.661 bits per heavy atom. The second-order valence-electron chi connectivity index (χ2n) is 12.9. The molecule has 0 saturated heterocycles. The minimum atomic E-state index is -0.256. The van der Waals surface area contributed by atoms with E-state index in [2.05, 4.69) is 20.9 Å². The van der Waals surface area contributed by atoms with Gasteiger partial charge in [0.05, 0.1) is 125 Å². The molecule has 0 spiro atoms. The first kappa shape index (κ1) is 47.0. The number of carbonyl (C=O) groups excluding carboxylic acids is 4. The lowest BCUT2D eigenvalue weighted by Crippen LogP contribution is -2.38. The third-order valence-corrected chi connectivity index (χ3v) is 8.66. The standard InChI is InChI=1S/C37H62N6O13/c1-2-48-30-34(44)38-9-11-49-13-15-51-17-19-53-21-23-55-25-26-56-24-22-54-20-18-52-16-14-50-12-10-42-29-33(40-41-42)27-39-37(47)32-5-3-31(4-6-32)28-43-35(45)7-8-36(43)46/h7-8,29,31-32H,2-6,9-28,30H2,1H3,(H,38,44)(H,39,47)/t31-,32-. The normalized spacial score (nSPS) is 16.9. The van der Waals surface area contributed by atoms with Crippen molar-refractivity contribution in [3.05, 3.63) is 24.0 Å². The highest BCUT2D eigenvalue weighted by Crippen LogP contribution is 2.30. The van der Waals surface area contributed by atoms with Crippen molar-refractivity contribution in [3.63, 3.8) is 0 Å². The van der Waals surface area contributed by atoms with Crippen molar-refractivity contribution in [1.29, 1.82) is 0 Å². The van der Waals surface area contributed by atoms with Gasteiger partial charge in [-0.3, -0.25) is 24.1 Å². The van der Waals surface area contributed by atoms with Crippen molar-refractivity contribution in [2.45, 2.75) is 45.7 Å². The van der Waals surface area contributed by atoms with Gasteiger partial charge >= 0.3 is 0 Å². The van der Waals surface area contributed by atoms with Crippen LogP contribution in [0, 0.1) is 11.8 Å². The average Bonchev–Trinajstić information content (AvgIpc) is 3.80. The second kappa shape index (κ2) is 30.7. The lowest BCUT2D eigenvalue weighted by molar-refractivity contribution is -0.138. The molecule has 1 aromatic rings. The van der Waals surface area contributed by atoms with E-state index in [1.54, 1.807) is 10.9 Å². The lowest BCUT2D eigenvalue weighted by Gasteiger charge is -2.29. The van der Waals surface area contributed by atoms with Crippen molar-refractivity contribution in [1.82, 2.24) is 30.5 Å². The molecule has 0 atom stereocenters. The molecule has 56 heavy (non-hydrogen) atoms. The van der Waals surface area contributed by atoms with Gasteiger partial charge < -0.3 is 53.3 Å². The van der Waals surface area contributed by atoms with E-state index in [1.165, 1.54) is 17.1 Å². The summed E-state index contributed by atoms with van der Waals surface area (Å²) in [5.41, 5.74) is 0.669. The van der Waals surface area contributed by atoms with Crippen LogP contribution in [0.15, 0.2) is 18.3 Å². The number of nitrogens with zero attached hydrogens (tertiary/aromatic N) is 4. The highest BCUT2D eigenvalue weighted by atomic mass is 16.6. The van der Waals surface area contributed by atoms with E-state index in [0.29, 0.717) is 144 Å². The number of amides is 4. The molecule has 0 aromatic carbocycles. The quantitative estimate of drug-likeness (QED) is 0.0680. The molecular formula is C37H62N6O13. The summed E-state index contributed by atoms with van der Waals surface area (Å²) in [5.74, 6) is -0.529. The Labute approximate surface area is 329 Å². The lowest BCUT2D eigenvalue weighted by atomic mass is 9.81. The van der Waals surface area contributed by atoms with Crippen LogP contribution in [0.5, 0.6) is 0 Å². The topological polar surface area (TPSA) is 209 Å². The molecule has 2 aliphatic rings. The fourth-order valence-corrected chi connectivity index (χ4v) is 5.64. The van der Waals surface area contributed by atoms with Gasteiger partial charge in [0.25, 0.3) is 11.8 Å². The summed E-state index contributed by atoms with van der Waals surface area (Å²) in [6, 6.07) is 0. The molecule has 3 rings (SSSR count). The molecule has 1 aliphatic heterocycles. The minimum Gasteiger partial charge on any atom is -0.377 e. The Hall–Kier alpha value is -3.40. The number of nitrogens with one attached hydrogen (secondary N) is 2. The minimum absolute atomic E-state index is 0.00966. The van der Waals surface area contributed by atoms with E-state index in [9.17, 15) is 19.2 Å². The van der Waals surface area contributed by atoms with Crippen LogP contribution < -0.4 is 10.6 Å². The molecule has 4 amide bonds. The van der Waals surface area contributed by atoms with Crippen LogP contribution in [0.1, 0.15) is 38.3 Å². The molecule has 0 bridgehead atoms. The summed E-state index contributed by atoms with van der Waals surface area (Å²) in [6.45, 7) is 11.5. The van der Waals surface area contributed by atoms with Crippen LogP contribution in [0.4, 0.5) is 0 Å². The third kappa shape index (κ3) is 21.8. The Balaban J connectivity index is 0.990. The van der Waals surface area contributed by atoms with Gasteiger partial charge in [-0.15, -0.1) is 5.10 Å². The molecule has 1 aliphatic carbocycles. The fourth-order valence-electron chi connectivity index (χ4n) is 5.64. The van der Waals surface area contributed by atoms with E-state index in [1.807, 2.05) is 6.92 Å². The zero-order valence-corrected chi connectivity index (χ0v) is 32.9. The highest BCUT2D eigenvalue weighted by molar-refractivity contribution is 6.12. The van der Waals surface area contributed by atoms with Gasteiger partial charge in [-0.25, -0.2) is 4.68 Å². The number of carbonyl (C=O) groups is 4. The summed E-state index contributed by atoms with van der Waals surface area (Å²) < 4.78 is 50.6. The van der Waals surface area contributed by atoms with Gasteiger partial charge in [-0.1, -0.05) is 5.21 Å². The number of ether oxygens (including phenoxy) is 9. The average molecular weight is 799 g/mol. The van der Waals surface area contributed by atoms with Crippen LogP contribution >= 0.6 is 0 Å². The predicted octanol–water partition coefficient (Wildman–Crippen LogP) is -0.0888. The molecule has 1 saturated carbocycles. The molecule has 0 radical (unpaired) electrons. The molecule has 2 N–H and O–H groups in total. The summed E-state index contributed by atoms with van der Waals surface area (Å²) in [7, 11) is 0. The van der Waals surface area contributed by atoms with Gasteiger partial charge in [0.2, 0.25) is 11.8 Å². The van der Waals surface area contributed by atoms with E-state index < -0.39 is 0 Å². The Morgan fingerprint density at radius 3 is 1.64 bits per heavy atom. The van der Waals surface area contributed by atoms with Gasteiger partial charge in [0.15, 0.2) is 0 Å². The number of aromatic nitrogens is 3. The van der Waals surface area contributed by atoms with E-state index in [0.717, 1.165) is 25.7 Å². The van der Waals surface area contributed by atoms with Crippen molar-refractivity contribution in [2.24, 2.45) is 11.8 Å². The van der Waals surface area contributed by atoms with Gasteiger partial charge in [0, 0.05) is 37.8 Å². The molecule has 1 fully saturated rings. The highest BCUT2D eigenvalue weighted by Gasteiger charge is 2.31. The van der Waals surface area contributed by atoms with Gasteiger partial charge in [-0.05, 0) is 38.5 Å². The number of imide groups is 1. The zero-order chi connectivity index (χ0) is 39.9. The van der Waals surface area contributed by atoms with Crippen LogP contribution in [-0.4, -0.2) is 176 Å². The zero-order valence-electron chi connectivity index (χ0n) is 32.9. The van der Waals surface area contributed by atoms with Crippen molar-refractivity contribution in [2.75, 3.05) is 132 Å². The summed E-state index contributed by atoms with van der Waals surface area (Å²) in [5, 5.41) is 13.9. The molecule has 318 valence electrons. The largest absolute Gasteiger partial charge is 0.377 e. The predicted molar refractivity (Wildman–Crippen MR) is 199 cm³/mol. The van der Waals surface area contributed by atoms with Crippen LogP contribution in [0.25, 0.3) is 0 Å². The van der Waals surface area contributed by atoms with Crippen LogP contribution in [0.2, 0.25) is 0 Å². The van der Waals surface area contributed by atoms with Crippen molar-refractivity contribution in [3.8, 4) is 0 Å². The smallest absolute Gasteiger partial charge is 0.253 e. The molecule has 2 heterocycles. The monoisotopic (exact) mass is 798 g/mol. The van der Waals surface area contributed by atoms with Crippen LogP contribution in [-0.2, 0) is 74.9 Å². The maximum Gasteiger partial charge on any atom is 0.253 e. The SMILES string of the molecule is CCOCC(=O)NCCOCCOCCOCCOCCOCCOCCOCCOCCn1cc(CNC(=O)[C@H]2CC[C@H](CN3C(=O)C=CC3=O)CC2)nn1. The maximum absolute atomic E-state index is 12.7. The van der Waals surface area contributed by atoms with E-state index >= 15 is 0 Å². The molecule has 19 nitrogen and oxygen atoms in total. The van der Waals surface area contributed by atoms with Crippen molar-refractivity contribution < 1.29 is 61.8 Å². The van der Waals surface area contributed by atoms with E-state index in [-0.39, 0.29) is 42.1 Å². The first-order valence-corrected chi connectivity index (χ1v) is 19.6. The second-order valence-corrected chi connectivity index (χ2v) is 12.9. The van der Waals surface area contributed by atoms with Crippen molar-refractivity contribution >= 4 is 23.6 Å². The third-order valence-electron chi connectivity index (χ3n) is 8.66. The molecule has 0 unspecified atom stereocenters. The summed E-state index contributed by atoms with van der Waals surface area (Å²) in [6.07, 6.45) is 7.46. The van der Waals surface area contributed by atoms with Gasteiger partial charge in [0.1, 0.15) is 12.3 Å². The first-order chi connectivity index (χ1) is 27.5. The molecule has 1 aromatic heterocycles. The Morgan fingerprint density at radius 2 is 1.14 bits per heavy atom. The first-order valence-electron chi connectivity index (χ1n) is 19.6. The van der Waals surface area contributed by atoms with Gasteiger partial charge in [-0.2, -0.15) is 0 Å². The summed E-state index contributed by atoms with van der Waals surface area (Å²) in [4.78, 5) is 48.9. The maximum atomic E-state index is 12.7. The number of hydrogen-bond donors (Lipinski definition) is 2. The summed E-state index contributed by atoms with van der Waals surface area (Å²) >= 11 is 0. The van der Waals surface area contributed by atoms with E-state index in [4.69, 9.17) is 42.6 Å². The Kier molecular flexibility index (Phi) is 25.8. The number of rotatable bonds is 35. The number of hydrogen-bond acceptors (Lipinski definition) is 15. The van der Waals surface area contributed by atoms with Crippen LogP contribution in [0.3, 0.4) is 0 Å². The molecular weight excluding hydrogens is 736 g/mol. The fraction of sp³-hybridized carbons (Fsp3) is 0.784. The molecule has 19 heteroatoms.